The smallest absolute Gasteiger partial charge is 0.472 e. The van der Waals surface area contributed by atoms with Crippen LogP contribution < -0.4 is 5.32 Å². The highest BCUT2D eigenvalue weighted by atomic mass is 31.2. The highest BCUT2D eigenvalue weighted by Gasteiger charge is 2.28. The summed E-state index contributed by atoms with van der Waals surface area (Å²) in [6.45, 7) is 1.81. The molecule has 0 heterocycles. The van der Waals surface area contributed by atoms with Gasteiger partial charge in [-0.15, -0.1) is 0 Å². The third kappa shape index (κ3) is 28.6. The first kappa shape index (κ1) is 42.4. The topological polar surface area (TPSA) is 169 Å². The minimum atomic E-state index is -4.72. The second kappa shape index (κ2) is 28.9. The Kier molecular flexibility index (Phi) is 27.2. The SMILES string of the molecule is CCCCC/C=C\C/C=C\C/C=C\C/C=C\CCCCCCCC(=O)OCC(O)COP(=O)(O)OCC(NC(=O)CC)C(=O)O. The molecule has 0 aliphatic rings. The zero-order valence-corrected chi connectivity index (χ0v) is 28.0. The Balaban J connectivity index is 3.79. The fraction of sp³-hybridized carbons (Fsp3) is 0.667. The second-order valence-corrected chi connectivity index (χ2v) is 12.1. The van der Waals surface area contributed by atoms with E-state index in [0.717, 1.165) is 51.4 Å². The number of carbonyl (C=O) groups is 3. The molecule has 0 aromatic rings. The van der Waals surface area contributed by atoms with E-state index < -0.39 is 57.6 Å². The van der Waals surface area contributed by atoms with Crippen LogP contribution in [0.3, 0.4) is 0 Å². The second-order valence-electron chi connectivity index (χ2n) is 10.6. The third-order valence-corrected chi connectivity index (χ3v) is 7.39. The van der Waals surface area contributed by atoms with Gasteiger partial charge in [-0.25, -0.2) is 9.36 Å². The average Bonchev–Trinajstić information content (AvgIpc) is 3.01. The van der Waals surface area contributed by atoms with Crippen molar-refractivity contribution in [2.24, 2.45) is 0 Å². The Labute approximate surface area is 269 Å². The summed E-state index contributed by atoms with van der Waals surface area (Å²) in [6.07, 6.45) is 30.2. The van der Waals surface area contributed by atoms with E-state index in [2.05, 4.69) is 69.9 Å². The molecule has 12 heteroatoms. The minimum absolute atomic E-state index is 0.0231. The van der Waals surface area contributed by atoms with Crippen molar-refractivity contribution in [3.63, 3.8) is 0 Å². The summed E-state index contributed by atoms with van der Waals surface area (Å²) in [7, 11) is -4.72. The number of esters is 1. The normalized spacial score (nSPS) is 14.8. The summed E-state index contributed by atoms with van der Waals surface area (Å²) in [4.78, 5) is 44.1. The van der Waals surface area contributed by atoms with E-state index in [9.17, 15) is 28.9 Å². The third-order valence-electron chi connectivity index (χ3n) is 6.43. The van der Waals surface area contributed by atoms with Crippen LogP contribution >= 0.6 is 7.82 Å². The van der Waals surface area contributed by atoms with Gasteiger partial charge in [-0.05, 0) is 51.4 Å². The molecule has 3 unspecified atom stereocenters. The molecule has 0 aliphatic carbocycles. The summed E-state index contributed by atoms with van der Waals surface area (Å²) in [5, 5.41) is 21.1. The Morgan fingerprint density at radius 1 is 0.733 bits per heavy atom. The Morgan fingerprint density at radius 2 is 1.24 bits per heavy atom. The summed E-state index contributed by atoms with van der Waals surface area (Å²) in [5.74, 6) is -2.52. The fourth-order valence-electron chi connectivity index (χ4n) is 3.79. The largest absolute Gasteiger partial charge is 0.480 e. The van der Waals surface area contributed by atoms with Gasteiger partial charge in [-0.1, -0.05) is 94.6 Å². The molecule has 1 amide bonds. The van der Waals surface area contributed by atoms with Gasteiger partial charge in [0.15, 0.2) is 6.04 Å². The van der Waals surface area contributed by atoms with E-state index in [0.29, 0.717) is 6.42 Å². The molecule has 0 radical (unpaired) electrons. The van der Waals surface area contributed by atoms with Crippen molar-refractivity contribution >= 4 is 25.7 Å². The zero-order valence-electron chi connectivity index (χ0n) is 27.1. The number of rotatable bonds is 29. The van der Waals surface area contributed by atoms with Gasteiger partial charge >= 0.3 is 19.8 Å². The van der Waals surface area contributed by atoms with Gasteiger partial charge in [0.2, 0.25) is 5.91 Å². The van der Waals surface area contributed by atoms with Gasteiger partial charge in [0.1, 0.15) is 12.7 Å². The highest BCUT2D eigenvalue weighted by molar-refractivity contribution is 7.47. The Morgan fingerprint density at radius 3 is 1.80 bits per heavy atom. The van der Waals surface area contributed by atoms with Crippen molar-refractivity contribution in [1.29, 1.82) is 0 Å². The number of phosphoric ester groups is 1. The number of aliphatic hydroxyl groups excluding tert-OH is 1. The lowest BCUT2D eigenvalue weighted by Gasteiger charge is -2.18. The Bertz CT molecular complexity index is 963. The molecule has 3 atom stereocenters. The molecule has 258 valence electrons. The molecule has 0 aromatic heterocycles. The maximum atomic E-state index is 11.9. The molecule has 0 bridgehead atoms. The molecule has 0 saturated heterocycles. The van der Waals surface area contributed by atoms with E-state index in [1.807, 2.05) is 0 Å². The molecule has 0 fully saturated rings. The number of ether oxygens (including phenoxy) is 1. The van der Waals surface area contributed by atoms with E-state index in [1.165, 1.54) is 32.6 Å². The summed E-state index contributed by atoms with van der Waals surface area (Å²) in [6, 6.07) is -1.54. The molecular weight excluding hydrogens is 601 g/mol. The number of hydrogen-bond donors (Lipinski definition) is 4. The average molecular weight is 658 g/mol. The molecule has 0 saturated carbocycles. The van der Waals surface area contributed by atoms with Crippen LogP contribution in [0.2, 0.25) is 0 Å². The van der Waals surface area contributed by atoms with Gasteiger partial charge < -0.3 is 25.2 Å². The van der Waals surface area contributed by atoms with E-state index in [1.54, 1.807) is 0 Å². The van der Waals surface area contributed by atoms with Crippen LogP contribution in [0.15, 0.2) is 48.6 Å². The number of aliphatic carboxylic acids is 1. The molecule has 4 N–H and O–H groups in total. The quantitative estimate of drug-likeness (QED) is 0.0294. The van der Waals surface area contributed by atoms with Crippen LogP contribution in [0.25, 0.3) is 0 Å². The molecule has 0 spiro atoms. The van der Waals surface area contributed by atoms with Crippen molar-refractivity contribution in [2.75, 3.05) is 19.8 Å². The van der Waals surface area contributed by atoms with E-state index in [4.69, 9.17) is 9.84 Å². The van der Waals surface area contributed by atoms with Crippen LogP contribution in [0.4, 0.5) is 0 Å². The van der Waals surface area contributed by atoms with Crippen LogP contribution in [0.1, 0.15) is 110 Å². The van der Waals surface area contributed by atoms with Crippen LogP contribution in [-0.2, 0) is 32.7 Å². The van der Waals surface area contributed by atoms with E-state index in [-0.39, 0.29) is 12.8 Å². The van der Waals surface area contributed by atoms with Crippen molar-refractivity contribution < 1.29 is 47.8 Å². The predicted molar refractivity (Wildman–Crippen MR) is 175 cm³/mol. The van der Waals surface area contributed by atoms with Gasteiger partial charge in [-0.3, -0.25) is 18.6 Å². The molecule has 0 aliphatic heterocycles. The number of nitrogens with one attached hydrogen (secondary N) is 1. The monoisotopic (exact) mass is 657 g/mol. The number of carbonyl (C=O) groups excluding carboxylic acids is 2. The van der Waals surface area contributed by atoms with Gasteiger partial charge in [0.05, 0.1) is 13.2 Å². The lowest BCUT2D eigenvalue weighted by Crippen LogP contribution is -2.43. The summed E-state index contributed by atoms with van der Waals surface area (Å²) in [5.41, 5.74) is 0. The van der Waals surface area contributed by atoms with Crippen LogP contribution in [0.5, 0.6) is 0 Å². The maximum Gasteiger partial charge on any atom is 0.472 e. The Hall–Kier alpha value is -2.56. The summed E-state index contributed by atoms with van der Waals surface area (Å²) < 4.78 is 26.1. The number of carboxylic acids is 1. The number of hydrogen-bond acceptors (Lipinski definition) is 8. The summed E-state index contributed by atoms with van der Waals surface area (Å²) >= 11 is 0. The molecule has 11 nitrogen and oxygen atoms in total. The number of unbranched alkanes of at least 4 members (excludes halogenated alkanes) is 8. The van der Waals surface area contributed by atoms with Crippen molar-refractivity contribution in [1.82, 2.24) is 5.32 Å². The van der Waals surface area contributed by atoms with Gasteiger partial charge in [0.25, 0.3) is 0 Å². The number of carboxylic acid groups (broad SMARTS) is 1. The highest BCUT2D eigenvalue weighted by Crippen LogP contribution is 2.43. The fourth-order valence-corrected chi connectivity index (χ4v) is 4.56. The zero-order chi connectivity index (χ0) is 33.6. The predicted octanol–water partition coefficient (Wildman–Crippen LogP) is 6.71. The lowest BCUT2D eigenvalue weighted by molar-refractivity contribution is -0.147. The van der Waals surface area contributed by atoms with E-state index >= 15 is 0 Å². The number of amides is 1. The van der Waals surface area contributed by atoms with Gasteiger partial charge in [-0.2, -0.15) is 0 Å². The van der Waals surface area contributed by atoms with Gasteiger partial charge in [0, 0.05) is 12.8 Å². The van der Waals surface area contributed by atoms with Crippen molar-refractivity contribution in [2.45, 2.75) is 122 Å². The first-order chi connectivity index (χ1) is 21.6. The minimum Gasteiger partial charge on any atom is -0.480 e. The van der Waals surface area contributed by atoms with Crippen LogP contribution in [-0.4, -0.2) is 64.9 Å². The lowest BCUT2D eigenvalue weighted by atomic mass is 10.1. The number of allylic oxidation sites excluding steroid dienone is 8. The molecular formula is C33H56NO10P. The molecule has 0 aromatic carbocycles. The number of aliphatic hydroxyl groups is 1. The molecule has 0 rings (SSSR count). The van der Waals surface area contributed by atoms with Crippen molar-refractivity contribution in [3.05, 3.63) is 48.6 Å². The number of phosphoric acid groups is 1. The maximum absolute atomic E-state index is 11.9. The first-order valence-electron chi connectivity index (χ1n) is 16.2. The van der Waals surface area contributed by atoms with Crippen molar-refractivity contribution in [3.8, 4) is 0 Å². The van der Waals surface area contributed by atoms with Crippen LogP contribution in [0, 0.1) is 0 Å². The standard InChI is InChI=1S/C33H56NO10P/c1-3-5-6-7-8-9-10-11-12-13-14-15-16-17-18-19-20-21-22-23-24-25-32(37)42-26-29(35)27-43-45(40,41)44-28-30(33(38)39)34-31(36)4-2/h8-9,11-12,14-15,17-18,29-30,35H,3-7,10,13,16,19-28H2,1-2H3,(H,34,36)(H,38,39)(H,40,41)/b9-8-,12-11-,15-14-,18-17-. The molecule has 45 heavy (non-hydrogen) atoms. The first-order valence-corrected chi connectivity index (χ1v) is 17.7.